The number of nitro groups is 2. The lowest BCUT2D eigenvalue weighted by Crippen LogP contribution is -3.15. The highest BCUT2D eigenvalue weighted by molar-refractivity contribution is 5.27. The topological polar surface area (TPSA) is 100.0 Å². The molecule has 3 atom stereocenters. The van der Waals surface area contributed by atoms with E-state index < -0.39 is 26.7 Å². The summed E-state index contributed by atoms with van der Waals surface area (Å²) in [6.07, 6.45) is 1.22. The summed E-state index contributed by atoms with van der Waals surface area (Å²) in [4.78, 5) is 23.2. The molecule has 0 amide bonds. The van der Waals surface area contributed by atoms with Gasteiger partial charge in [0.25, 0.3) is 11.1 Å². The summed E-state index contributed by atoms with van der Waals surface area (Å²) in [7, 11) is 1.72. The fourth-order valence-corrected chi connectivity index (χ4v) is 3.84. The van der Waals surface area contributed by atoms with Crippen molar-refractivity contribution >= 4 is 0 Å². The van der Waals surface area contributed by atoms with Crippen LogP contribution in [0.25, 0.3) is 0 Å². The predicted molar refractivity (Wildman–Crippen MR) is 80.4 cm³/mol. The van der Waals surface area contributed by atoms with E-state index in [-0.39, 0.29) is 31.7 Å². The first-order valence-corrected chi connectivity index (χ1v) is 7.50. The molecule has 1 aliphatic carbocycles. The molecule has 9 heteroatoms. The van der Waals surface area contributed by atoms with Crippen LogP contribution in [-0.2, 0) is 0 Å². The van der Waals surface area contributed by atoms with E-state index in [1.165, 1.54) is 30.3 Å². The van der Waals surface area contributed by atoms with Crippen molar-refractivity contribution < 1.29 is 23.9 Å². The molecule has 1 fully saturated rings. The van der Waals surface area contributed by atoms with Crippen LogP contribution in [0.1, 0.15) is 12.8 Å². The molecule has 0 radical (unpaired) electrons. The molecular formula is C15H17FN3O5+. The van der Waals surface area contributed by atoms with Crippen LogP contribution in [0.2, 0.25) is 0 Å². The van der Waals surface area contributed by atoms with Crippen molar-refractivity contribution in [2.24, 2.45) is 0 Å². The minimum absolute atomic E-state index is 0.0235. The molecule has 2 aliphatic rings. The molecule has 1 aromatic rings. The maximum absolute atomic E-state index is 13.0. The maximum Gasteiger partial charge on any atom is 0.298 e. The summed E-state index contributed by atoms with van der Waals surface area (Å²) >= 11 is 0. The lowest BCUT2D eigenvalue weighted by molar-refractivity contribution is -0.926. The number of likely N-dealkylation sites (tertiary alicyclic amines) is 1. The average Bonchev–Trinajstić information content (AvgIpc) is 2.48. The molecule has 0 aromatic heterocycles. The molecule has 1 aliphatic heterocycles. The molecule has 1 aromatic carbocycles. The third-order valence-electron chi connectivity index (χ3n) is 4.62. The Hall–Kier alpha value is -2.55. The van der Waals surface area contributed by atoms with Crippen molar-refractivity contribution in [2.75, 3.05) is 20.1 Å². The van der Waals surface area contributed by atoms with E-state index in [0.29, 0.717) is 5.75 Å². The Bertz CT molecular complexity index is 722. The number of hydrogen-bond acceptors (Lipinski definition) is 5. The standard InChI is InChI=1S/C15H16FN3O5/c1-17-9-14(18(20)21)6-13(7-15(8-14,10-17)19(22)23)24-12-4-2-11(16)3-5-12/h2-6H,7-10H2,1H3/p+1/t14-,15+/m1/s1. The first kappa shape index (κ1) is 16.3. The van der Waals surface area contributed by atoms with Gasteiger partial charge in [0, 0.05) is 15.9 Å². The zero-order valence-electron chi connectivity index (χ0n) is 13.0. The van der Waals surface area contributed by atoms with Crippen LogP contribution >= 0.6 is 0 Å². The summed E-state index contributed by atoms with van der Waals surface area (Å²) < 4.78 is 18.6. The normalized spacial score (nSPS) is 31.9. The second-order valence-corrected chi connectivity index (χ2v) is 6.67. The van der Waals surface area contributed by atoms with Gasteiger partial charge in [-0.05, 0) is 24.3 Å². The summed E-state index contributed by atoms with van der Waals surface area (Å²) in [5.74, 6) is 0.0414. The van der Waals surface area contributed by atoms with Gasteiger partial charge >= 0.3 is 0 Å². The summed E-state index contributed by atoms with van der Waals surface area (Å²) in [6.45, 7) is 0.353. The number of quaternary nitrogens is 1. The quantitative estimate of drug-likeness (QED) is 0.634. The number of piperidine rings is 1. The third-order valence-corrected chi connectivity index (χ3v) is 4.62. The maximum atomic E-state index is 13.0. The van der Waals surface area contributed by atoms with Crippen molar-refractivity contribution in [1.29, 1.82) is 0 Å². The number of ether oxygens (including phenoxy) is 1. The van der Waals surface area contributed by atoms with Gasteiger partial charge in [-0.15, -0.1) is 0 Å². The van der Waals surface area contributed by atoms with Gasteiger partial charge < -0.3 is 9.64 Å². The van der Waals surface area contributed by atoms with Gasteiger partial charge in [-0.25, -0.2) is 4.39 Å². The Balaban J connectivity index is 2.00. The third kappa shape index (κ3) is 2.71. The molecule has 24 heavy (non-hydrogen) atoms. The zero-order chi connectivity index (χ0) is 17.5. The van der Waals surface area contributed by atoms with Crippen molar-refractivity contribution in [3.63, 3.8) is 0 Å². The van der Waals surface area contributed by atoms with E-state index in [1.807, 2.05) is 0 Å². The van der Waals surface area contributed by atoms with E-state index in [4.69, 9.17) is 4.74 Å². The monoisotopic (exact) mass is 338 g/mol. The second kappa shape index (κ2) is 5.52. The number of fused-ring (bicyclic) bond motifs is 2. The number of benzene rings is 1. The minimum atomic E-state index is -1.52. The summed E-state index contributed by atoms with van der Waals surface area (Å²) in [6, 6.07) is 5.17. The Kier molecular flexibility index (Phi) is 3.75. The molecule has 128 valence electrons. The summed E-state index contributed by atoms with van der Waals surface area (Å²) in [5, 5.41) is 23.3. The number of likely N-dealkylation sites (N-methyl/N-ethyl adjacent to an activating group) is 1. The molecule has 2 bridgehead atoms. The van der Waals surface area contributed by atoms with Crippen LogP contribution in [0, 0.1) is 26.0 Å². The SMILES string of the molecule is C[NH+]1C[C@@]2([N+](=O)[O-])C=C(Oc3ccc(F)cc3)C[C@@]([N+](=O)[O-])(C1)C2. The van der Waals surface area contributed by atoms with Crippen LogP contribution in [0.3, 0.4) is 0 Å². The highest BCUT2D eigenvalue weighted by Gasteiger charge is 2.66. The fraction of sp³-hybridized carbons (Fsp3) is 0.467. The Morgan fingerprint density at radius 3 is 2.42 bits per heavy atom. The van der Waals surface area contributed by atoms with Crippen molar-refractivity contribution in [3.05, 3.63) is 62.1 Å². The van der Waals surface area contributed by atoms with Crippen molar-refractivity contribution in [3.8, 4) is 5.75 Å². The van der Waals surface area contributed by atoms with E-state index in [0.717, 1.165) is 4.90 Å². The van der Waals surface area contributed by atoms with E-state index in [9.17, 15) is 24.6 Å². The van der Waals surface area contributed by atoms with Crippen LogP contribution in [-0.4, -0.2) is 41.1 Å². The average molecular weight is 338 g/mol. The largest absolute Gasteiger partial charge is 0.461 e. The molecule has 0 saturated carbocycles. The number of nitrogens with zero attached hydrogens (tertiary/aromatic N) is 2. The van der Waals surface area contributed by atoms with Crippen molar-refractivity contribution in [1.82, 2.24) is 0 Å². The number of nitrogens with one attached hydrogen (secondary N) is 1. The molecule has 8 nitrogen and oxygen atoms in total. The Morgan fingerprint density at radius 1 is 1.17 bits per heavy atom. The number of rotatable bonds is 4. The van der Waals surface area contributed by atoms with Gasteiger partial charge in [0.2, 0.25) is 0 Å². The number of hydrogen-bond donors (Lipinski definition) is 1. The Labute approximate surface area is 136 Å². The second-order valence-electron chi connectivity index (χ2n) is 6.67. The van der Waals surface area contributed by atoms with E-state index >= 15 is 0 Å². The summed E-state index contributed by atoms with van der Waals surface area (Å²) in [5.41, 5.74) is -2.96. The Morgan fingerprint density at radius 2 is 1.83 bits per heavy atom. The van der Waals surface area contributed by atoms with E-state index in [1.54, 1.807) is 7.05 Å². The first-order valence-electron chi connectivity index (χ1n) is 7.50. The molecule has 1 heterocycles. The van der Waals surface area contributed by atoms with Gasteiger partial charge in [0.1, 0.15) is 30.3 Å². The molecular weight excluding hydrogens is 321 g/mol. The molecule has 0 spiro atoms. The zero-order valence-corrected chi connectivity index (χ0v) is 13.0. The predicted octanol–water partition coefficient (Wildman–Crippen LogP) is 0.442. The molecule has 1 N–H and O–H groups in total. The van der Waals surface area contributed by atoms with Gasteiger partial charge in [0.15, 0.2) is 6.54 Å². The van der Waals surface area contributed by atoms with Crippen LogP contribution < -0.4 is 9.64 Å². The minimum Gasteiger partial charge on any atom is -0.461 e. The first-order chi connectivity index (χ1) is 11.2. The highest BCUT2D eigenvalue weighted by Crippen LogP contribution is 2.39. The van der Waals surface area contributed by atoms with Gasteiger partial charge in [-0.3, -0.25) is 20.2 Å². The molecule has 1 unspecified atom stereocenters. The number of halogens is 1. The highest BCUT2D eigenvalue weighted by atomic mass is 19.1. The lowest BCUT2D eigenvalue weighted by Gasteiger charge is -2.41. The smallest absolute Gasteiger partial charge is 0.298 e. The van der Waals surface area contributed by atoms with Gasteiger partial charge in [-0.2, -0.15) is 0 Å². The van der Waals surface area contributed by atoms with Crippen molar-refractivity contribution in [2.45, 2.75) is 23.9 Å². The fourth-order valence-electron chi connectivity index (χ4n) is 3.84. The molecule has 3 rings (SSSR count). The van der Waals surface area contributed by atoms with Crippen LogP contribution in [0.4, 0.5) is 4.39 Å². The van der Waals surface area contributed by atoms with E-state index in [2.05, 4.69) is 0 Å². The van der Waals surface area contributed by atoms with Gasteiger partial charge in [0.05, 0.1) is 13.5 Å². The lowest BCUT2D eigenvalue weighted by atomic mass is 9.71. The van der Waals surface area contributed by atoms with Crippen LogP contribution in [0.15, 0.2) is 36.1 Å². The van der Waals surface area contributed by atoms with Crippen LogP contribution in [0.5, 0.6) is 5.75 Å². The van der Waals surface area contributed by atoms with Gasteiger partial charge in [-0.1, -0.05) is 0 Å². The molecule has 1 saturated heterocycles.